The molecule has 1 aromatic carbocycles. The summed E-state index contributed by atoms with van der Waals surface area (Å²) in [5.74, 6) is 1.66. The van der Waals surface area contributed by atoms with E-state index < -0.39 is 0 Å². The van der Waals surface area contributed by atoms with E-state index in [4.69, 9.17) is 14.2 Å². The highest BCUT2D eigenvalue weighted by Crippen LogP contribution is 2.32. The lowest BCUT2D eigenvalue weighted by atomic mass is 9.92. The molecule has 2 aliphatic rings. The fourth-order valence-corrected chi connectivity index (χ4v) is 4.12. The van der Waals surface area contributed by atoms with E-state index in [1.165, 1.54) is 0 Å². The normalized spacial score (nSPS) is 24.4. The number of hydrogen-bond acceptors (Lipinski definition) is 6. The SMILES string of the molecule is COc1ccc(C(CNC(=O)[C@H]2CCN[C@@H](C)C2)N2CCOCC2)cc1OC. The second-order valence-corrected chi connectivity index (χ2v) is 7.60. The Bertz CT molecular complexity index is 649. The molecule has 1 amide bonds. The van der Waals surface area contributed by atoms with Gasteiger partial charge in [-0.1, -0.05) is 6.07 Å². The minimum Gasteiger partial charge on any atom is -0.493 e. The van der Waals surface area contributed by atoms with Crippen LogP contribution in [0.5, 0.6) is 11.5 Å². The fourth-order valence-electron chi connectivity index (χ4n) is 4.12. The fraction of sp³-hybridized carbons (Fsp3) is 0.667. The molecule has 3 rings (SSSR count). The largest absolute Gasteiger partial charge is 0.493 e. The van der Waals surface area contributed by atoms with Gasteiger partial charge in [0, 0.05) is 31.6 Å². The zero-order chi connectivity index (χ0) is 19.9. The van der Waals surface area contributed by atoms with Crippen molar-refractivity contribution in [1.82, 2.24) is 15.5 Å². The third kappa shape index (κ3) is 5.16. The topological polar surface area (TPSA) is 72.1 Å². The van der Waals surface area contributed by atoms with Gasteiger partial charge in [-0.05, 0) is 44.0 Å². The van der Waals surface area contributed by atoms with Gasteiger partial charge in [0.1, 0.15) is 0 Å². The standard InChI is InChI=1S/C21H33N3O4/c1-15-12-17(6-7-22-15)21(25)23-14-18(24-8-10-28-11-9-24)16-4-5-19(26-2)20(13-16)27-3/h4-5,13,15,17-18,22H,6-12,14H2,1-3H3,(H,23,25)/t15-,17-,18?/m0/s1. The molecular formula is C21H33N3O4. The van der Waals surface area contributed by atoms with E-state index in [0.29, 0.717) is 37.3 Å². The number of nitrogens with zero attached hydrogens (tertiary/aromatic N) is 1. The van der Waals surface area contributed by atoms with Crippen molar-refractivity contribution in [2.75, 3.05) is 53.6 Å². The predicted molar refractivity (Wildman–Crippen MR) is 108 cm³/mol. The number of ether oxygens (including phenoxy) is 3. The van der Waals surface area contributed by atoms with Crippen LogP contribution in [-0.4, -0.2) is 70.5 Å². The Kier molecular flexibility index (Phi) is 7.53. The van der Waals surface area contributed by atoms with E-state index in [1.807, 2.05) is 12.1 Å². The molecule has 1 unspecified atom stereocenters. The van der Waals surface area contributed by atoms with Gasteiger partial charge >= 0.3 is 0 Å². The lowest BCUT2D eigenvalue weighted by Gasteiger charge is -2.35. The van der Waals surface area contributed by atoms with E-state index in [1.54, 1.807) is 14.2 Å². The summed E-state index contributed by atoms with van der Waals surface area (Å²) in [4.78, 5) is 15.1. The van der Waals surface area contributed by atoms with Gasteiger partial charge in [0.25, 0.3) is 0 Å². The Balaban J connectivity index is 1.73. The van der Waals surface area contributed by atoms with Crippen LogP contribution in [0.25, 0.3) is 0 Å². The Hall–Kier alpha value is -1.83. The highest BCUT2D eigenvalue weighted by Gasteiger charge is 2.28. The van der Waals surface area contributed by atoms with Crippen molar-refractivity contribution >= 4 is 5.91 Å². The summed E-state index contributed by atoms with van der Waals surface area (Å²) < 4.78 is 16.4. The molecule has 28 heavy (non-hydrogen) atoms. The van der Waals surface area contributed by atoms with Crippen LogP contribution in [-0.2, 0) is 9.53 Å². The molecule has 7 nitrogen and oxygen atoms in total. The average Bonchev–Trinajstić information content (AvgIpc) is 2.74. The summed E-state index contributed by atoms with van der Waals surface area (Å²) in [6, 6.07) is 6.47. The number of piperidine rings is 1. The van der Waals surface area contributed by atoms with E-state index in [2.05, 4.69) is 28.5 Å². The molecule has 2 N–H and O–H groups in total. The number of nitrogens with one attached hydrogen (secondary N) is 2. The zero-order valence-corrected chi connectivity index (χ0v) is 17.2. The molecule has 2 heterocycles. The Morgan fingerprint density at radius 1 is 1.29 bits per heavy atom. The lowest BCUT2D eigenvalue weighted by Crippen LogP contribution is -2.46. The minimum absolute atomic E-state index is 0.0757. The summed E-state index contributed by atoms with van der Waals surface area (Å²) in [6.45, 7) is 6.74. The van der Waals surface area contributed by atoms with E-state index >= 15 is 0 Å². The van der Waals surface area contributed by atoms with Gasteiger partial charge in [0.2, 0.25) is 5.91 Å². The van der Waals surface area contributed by atoms with Crippen molar-refractivity contribution in [3.8, 4) is 11.5 Å². The second kappa shape index (κ2) is 10.1. The van der Waals surface area contributed by atoms with Gasteiger partial charge in [-0.25, -0.2) is 0 Å². The molecule has 7 heteroatoms. The molecule has 1 aromatic rings. The number of methoxy groups -OCH3 is 2. The van der Waals surface area contributed by atoms with Gasteiger partial charge in [0.15, 0.2) is 11.5 Å². The number of carbonyl (C=O) groups is 1. The molecule has 156 valence electrons. The van der Waals surface area contributed by atoms with Crippen LogP contribution >= 0.6 is 0 Å². The first kappa shape index (κ1) is 20.9. The number of morpholine rings is 1. The molecule has 2 saturated heterocycles. The van der Waals surface area contributed by atoms with Gasteiger partial charge in [-0.2, -0.15) is 0 Å². The first-order valence-electron chi connectivity index (χ1n) is 10.2. The van der Waals surface area contributed by atoms with E-state index in [-0.39, 0.29) is 17.9 Å². The van der Waals surface area contributed by atoms with Gasteiger partial charge < -0.3 is 24.8 Å². The number of rotatable bonds is 7. The first-order valence-corrected chi connectivity index (χ1v) is 10.2. The summed E-state index contributed by atoms with van der Waals surface area (Å²) in [5.41, 5.74) is 1.11. The van der Waals surface area contributed by atoms with Crippen LogP contribution in [0.15, 0.2) is 18.2 Å². The maximum atomic E-state index is 12.8. The summed E-state index contributed by atoms with van der Waals surface area (Å²) >= 11 is 0. The molecule has 0 radical (unpaired) electrons. The maximum absolute atomic E-state index is 12.8. The third-order valence-corrected chi connectivity index (χ3v) is 5.74. The van der Waals surface area contributed by atoms with Crippen molar-refractivity contribution in [3.05, 3.63) is 23.8 Å². The van der Waals surface area contributed by atoms with Crippen LogP contribution in [0.1, 0.15) is 31.4 Å². The molecule has 0 saturated carbocycles. The Labute approximate surface area is 167 Å². The van der Waals surface area contributed by atoms with Gasteiger partial charge in [0.05, 0.1) is 33.5 Å². The average molecular weight is 392 g/mol. The van der Waals surface area contributed by atoms with E-state index in [0.717, 1.165) is 38.0 Å². The van der Waals surface area contributed by atoms with Gasteiger partial charge in [-0.15, -0.1) is 0 Å². The molecular weight excluding hydrogens is 358 g/mol. The molecule has 0 spiro atoms. The number of hydrogen-bond donors (Lipinski definition) is 2. The van der Waals surface area contributed by atoms with Crippen molar-refractivity contribution in [3.63, 3.8) is 0 Å². The van der Waals surface area contributed by atoms with Crippen LogP contribution in [0.4, 0.5) is 0 Å². The number of carbonyl (C=O) groups excluding carboxylic acids is 1. The Morgan fingerprint density at radius 2 is 2.04 bits per heavy atom. The zero-order valence-electron chi connectivity index (χ0n) is 17.2. The van der Waals surface area contributed by atoms with Crippen LogP contribution in [0.2, 0.25) is 0 Å². The molecule has 0 aliphatic carbocycles. The summed E-state index contributed by atoms with van der Waals surface area (Å²) in [7, 11) is 3.28. The minimum atomic E-state index is 0.0757. The van der Waals surface area contributed by atoms with Crippen LogP contribution in [0.3, 0.4) is 0 Å². The molecule has 0 aromatic heterocycles. The second-order valence-electron chi connectivity index (χ2n) is 7.60. The molecule has 0 bridgehead atoms. The van der Waals surface area contributed by atoms with Crippen LogP contribution < -0.4 is 20.1 Å². The first-order chi connectivity index (χ1) is 13.6. The van der Waals surface area contributed by atoms with Crippen molar-refractivity contribution < 1.29 is 19.0 Å². The van der Waals surface area contributed by atoms with Crippen LogP contribution in [0, 0.1) is 5.92 Å². The van der Waals surface area contributed by atoms with Crippen molar-refractivity contribution in [1.29, 1.82) is 0 Å². The molecule has 3 atom stereocenters. The number of amides is 1. The highest BCUT2D eigenvalue weighted by atomic mass is 16.5. The summed E-state index contributed by atoms with van der Waals surface area (Å²) in [5, 5.41) is 6.62. The van der Waals surface area contributed by atoms with E-state index in [9.17, 15) is 4.79 Å². The summed E-state index contributed by atoms with van der Waals surface area (Å²) in [6.07, 6.45) is 1.79. The highest BCUT2D eigenvalue weighted by molar-refractivity contribution is 5.78. The lowest BCUT2D eigenvalue weighted by molar-refractivity contribution is -0.126. The Morgan fingerprint density at radius 3 is 2.71 bits per heavy atom. The molecule has 2 fully saturated rings. The number of benzene rings is 1. The monoisotopic (exact) mass is 391 g/mol. The molecule has 2 aliphatic heterocycles. The third-order valence-electron chi connectivity index (χ3n) is 5.74. The smallest absolute Gasteiger partial charge is 0.223 e. The van der Waals surface area contributed by atoms with Crippen molar-refractivity contribution in [2.24, 2.45) is 5.92 Å². The predicted octanol–water partition coefficient (Wildman–Crippen LogP) is 1.58. The maximum Gasteiger partial charge on any atom is 0.223 e. The quantitative estimate of drug-likeness (QED) is 0.735. The van der Waals surface area contributed by atoms with Gasteiger partial charge in [-0.3, -0.25) is 9.69 Å². The van der Waals surface area contributed by atoms with Crippen molar-refractivity contribution in [2.45, 2.75) is 31.8 Å².